The van der Waals surface area contributed by atoms with Gasteiger partial charge in [0.1, 0.15) is 5.82 Å². The molecule has 5 heteroatoms. The van der Waals surface area contributed by atoms with Gasteiger partial charge in [-0.3, -0.25) is 0 Å². The molecule has 2 aromatic carbocycles. The Morgan fingerprint density at radius 3 is 2.68 bits per heavy atom. The molecule has 0 bridgehead atoms. The SMILES string of the molecule is CCC(C)Oc1c(Cl)cc(C=C(C#N)c2ccccc2F)cc1OC. The maximum Gasteiger partial charge on any atom is 0.180 e. The van der Waals surface area contributed by atoms with E-state index in [1.807, 2.05) is 19.9 Å². The third kappa shape index (κ3) is 4.52. The lowest BCUT2D eigenvalue weighted by atomic mass is 10.0. The summed E-state index contributed by atoms with van der Waals surface area (Å²) in [5, 5.41) is 9.76. The molecular formula is C20H19ClFNO2. The zero-order valence-electron chi connectivity index (χ0n) is 14.3. The van der Waals surface area contributed by atoms with Crippen molar-refractivity contribution in [3.63, 3.8) is 0 Å². The van der Waals surface area contributed by atoms with Crippen LogP contribution in [-0.2, 0) is 0 Å². The normalized spacial score (nSPS) is 12.4. The molecule has 2 rings (SSSR count). The molecule has 0 aromatic heterocycles. The number of nitriles is 1. The van der Waals surface area contributed by atoms with E-state index >= 15 is 0 Å². The quantitative estimate of drug-likeness (QED) is 0.488. The van der Waals surface area contributed by atoms with Gasteiger partial charge in [-0.25, -0.2) is 4.39 Å². The molecule has 0 spiro atoms. The van der Waals surface area contributed by atoms with Gasteiger partial charge in [0, 0.05) is 5.56 Å². The topological polar surface area (TPSA) is 42.2 Å². The van der Waals surface area contributed by atoms with Crippen LogP contribution >= 0.6 is 11.6 Å². The van der Waals surface area contributed by atoms with Crippen LogP contribution in [0.15, 0.2) is 36.4 Å². The number of hydrogen-bond donors (Lipinski definition) is 0. The second kappa shape index (κ2) is 8.55. The summed E-state index contributed by atoms with van der Waals surface area (Å²) in [6, 6.07) is 11.5. The van der Waals surface area contributed by atoms with E-state index in [1.54, 1.807) is 36.4 Å². The summed E-state index contributed by atoms with van der Waals surface area (Å²) < 4.78 is 25.1. The number of benzene rings is 2. The summed E-state index contributed by atoms with van der Waals surface area (Å²) in [6.07, 6.45) is 2.38. The zero-order valence-corrected chi connectivity index (χ0v) is 15.1. The summed E-state index contributed by atoms with van der Waals surface area (Å²) in [5.74, 6) is 0.468. The molecule has 1 unspecified atom stereocenters. The van der Waals surface area contributed by atoms with Gasteiger partial charge >= 0.3 is 0 Å². The van der Waals surface area contributed by atoms with Gasteiger partial charge in [0.15, 0.2) is 11.5 Å². The number of allylic oxidation sites excluding steroid dienone is 1. The maximum atomic E-state index is 13.9. The Balaban J connectivity index is 2.48. The van der Waals surface area contributed by atoms with Crippen LogP contribution < -0.4 is 9.47 Å². The van der Waals surface area contributed by atoms with Crippen LogP contribution in [0.3, 0.4) is 0 Å². The van der Waals surface area contributed by atoms with Crippen LogP contribution in [0, 0.1) is 17.1 Å². The fourth-order valence-corrected chi connectivity index (χ4v) is 2.50. The molecule has 0 heterocycles. The minimum Gasteiger partial charge on any atom is -0.493 e. The maximum absolute atomic E-state index is 13.9. The molecule has 0 aliphatic rings. The van der Waals surface area contributed by atoms with E-state index in [4.69, 9.17) is 21.1 Å². The standard InChI is InChI=1S/C20H19ClFNO2/c1-4-13(2)25-20-17(21)10-14(11-19(20)24-3)9-15(12-23)16-7-5-6-8-18(16)22/h5-11,13H,4H2,1-3H3. The lowest BCUT2D eigenvalue weighted by Gasteiger charge is -2.17. The van der Waals surface area contributed by atoms with Gasteiger partial charge in [-0.05, 0) is 43.2 Å². The third-order valence-electron chi connectivity index (χ3n) is 3.74. The highest BCUT2D eigenvalue weighted by Crippen LogP contribution is 2.38. The van der Waals surface area contributed by atoms with Gasteiger partial charge in [0.2, 0.25) is 0 Å². The zero-order chi connectivity index (χ0) is 18.4. The van der Waals surface area contributed by atoms with Gasteiger partial charge in [-0.2, -0.15) is 5.26 Å². The van der Waals surface area contributed by atoms with E-state index in [-0.39, 0.29) is 17.2 Å². The Morgan fingerprint density at radius 2 is 2.08 bits per heavy atom. The van der Waals surface area contributed by atoms with E-state index < -0.39 is 5.82 Å². The Kier molecular flexibility index (Phi) is 6.44. The number of nitrogens with zero attached hydrogens (tertiary/aromatic N) is 1. The monoisotopic (exact) mass is 359 g/mol. The Bertz CT molecular complexity index is 827. The van der Waals surface area contributed by atoms with Gasteiger partial charge in [0.05, 0.1) is 29.9 Å². The van der Waals surface area contributed by atoms with Crippen molar-refractivity contribution in [3.05, 3.63) is 58.4 Å². The smallest absolute Gasteiger partial charge is 0.180 e. The third-order valence-corrected chi connectivity index (χ3v) is 4.02. The molecule has 0 aliphatic carbocycles. The van der Waals surface area contributed by atoms with E-state index in [9.17, 15) is 9.65 Å². The van der Waals surface area contributed by atoms with Crippen molar-refractivity contribution in [2.24, 2.45) is 0 Å². The van der Waals surface area contributed by atoms with E-state index in [2.05, 4.69) is 0 Å². The Morgan fingerprint density at radius 1 is 1.36 bits per heavy atom. The molecule has 3 nitrogen and oxygen atoms in total. The van der Waals surface area contributed by atoms with Crippen molar-refractivity contribution in [2.45, 2.75) is 26.4 Å². The molecule has 0 radical (unpaired) electrons. The van der Waals surface area contributed by atoms with Crippen molar-refractivity contribution >= 4 is 23.3 Å². The van der Waals surface area contributed by atoms with Crippen molar-refractivity contribution in [1.82, 2.24) is 0 Å². The van der Waals surface area contributed by atoms with E-state index in [0.717, 1.165) is 6.42 Å². The molecule has 0 aliphatic heterocycles. The second-order valence-corrected chi connectivity index (χ2v) is 5.93. The predicted molar refractivity (Wildman–Crippen MR) is 98.3 cm³/mol. The molecule has 0 saturated carbocycles. The molecule has 0 fully saturated rings. The lowest BCUT2D eigenvalue weighted by Crippen LogP contribution is -2.11. The molecule has 2 aromatic rings. The first-order chi connectivity index (χ1) is 12.0. The summed E-state index contributed by atoms with van der Waals surface area (Å²) >= 11 is 6.33. The largest absolute Gasteiger partial charge is 0.493 e. The van der Waals surface area contributed by atoms with Crippen molar-refractivity contribution in [3.8, 4) is 17.6 Å². The number of methoxy groups -OCH3 is 1. The molecule has 0 N–H and O–H groups in total. The van der Waals surface area contributed by atoms with Crippen molar-refractivity contribution in [2.75, 3.05) is 7.11 Å². The second-order valence-electron chi connectivity index (χ2n) is 5.52. The van der Waals surface area contributed by atoms with Crippen molar-refractivity contribution < 1.29 is 13.9 Å². The average molecular weight is 360 g/mol. The summed E-state index contributed by atoms with van der Waals surface area (Å²) in [6.45, 7) is 3.95. The summed E-state index contributed by atoms with van der Waals surface area (Å²) in [7, 11) is 1.52. The van der Waals surface area contributed by atoms with Gasteiger partial charge in [-0.1, -0.05) is 36.7 Å². The highest BCUT2D eigenvalue weighted by molar-refractivity contribution is 6.32. The fraction of sp³-hybridized carbons (Fsp3) is 0.250. The van der Waals surface area contributed by atoms with Crippen LogP contribution in [0.1, 0.15) is 31.4 Å². The fourth-order valence-electron chi connectivity index (χ4n) is 2.24. The Labute approximate surface area is 152 Å². The van der Waals surface area contributed by atoms with Crippen molar-refractivity contribution in [1.29, 1.82) is 5.26 Å². The van der Waals surface area contributed by atoms with Gasteiger partial charge in [0.25, 0.3) is 0 Å². The van der Waals surface area contributed by atoms with Crippen LogP contribution in [0.5, 0.6) is 11.5 Å². The first-order valence-electron chi connectivity index (χ1n) is 7.91. The Hall–Kier alpha value is -2.51. The van der Waals surface area contributed by atoms with E-state index in [0.29, 0.717) is 22.1 Å². The molecule has 130 valence electrons. The number of hydrogen-bond acceptors (Lipinski definition) is 3. The summed E-state index contributed by atoms with van der Waals surface area (Å²) in [4.78, 5) is 0. The molecule has 1 atom stereocenters. The first-order valence-corrected chi connectivity index (χ1v) is 8.28. The van der Waals surface area contributed by atoms with Gasteiger partial charge < -0.3 is 9.47 Å². The van der Waals surface area contributed by atoms with Gasteiger partial charge in [-0.15, -0.1) is 0 Å². The van der Waals surface area contributed by atoms with Crippen LogP contribution in [0.2, 0.25) is 5.02 Å². The number of halogens is 2. The highest BCUT2D eigenvalue weighted by atomic mass is 35.5. The first kappa shape index (κ1) is 18.8. The molecule has 0 amide bonds. The molecule has 0 saturated heterocycles. The predicted octanol–water partition coefficient (Wildman–Crippen LogP) is 5.73. The molecular weight excluding hydrogens is 341 g/mol. The lowest BCUT2D eigenvalue weighted by molar-refractivity contribution is 0.208. The number of ether oxygens (including phenoxy) is 2. The summed E-state index contributed by atoms with van der Waals surface area (Å²) in [5.41, 5.74) is 1.06. The minimum atomic E-state index is -0.454. The van der Waals surface area contributed by atoms with Crippen LogP contribution in [0.4, 0.5) is 4.39 Å². The molecule has 25 heavy (non-hydrogen) atoms. The average Bonchev–Trinajstić information content (AvgIpc) is 2.62. The highest BCUT2D eigenvalue weighted by Gasteiger charge is 2.15. The van der Waals surface area contributed by atoms with Crippen LogP contribution in [-0.4, -0.2) is 13.2 Å². The van der Waals surface area contributed by atoms with Crippen LogP contribution in [0.25, 0.3) is 11.6 Å². The number of rotatable bonds is 6. The minimum absolute atomic E-state index is 0.0131. The van der Waals surface area contributed by atoms with E-state index in [1.165, 1.54) is 13.2 Å².